The molecule has 0 unspecified atom stereocenters. The molecule has 0 fully saturated rings. The molecule has 1 N–H and O–H groups in total. The van der Waals surface area contributed by atoms with Crippen LogP contribution in [0.1, 0.15) is 29.8 Å². The predicted molar refractivity (Wildman–Crippen MR) is 90.1 cm³/mol. The largest absolute Gasteiger partial charge is 0.350 e. The Labute approximate surface area is 134 Å². The number of halogens is 1. The van der Waals surface area contributed by atoms with Gasteiger partial charge in [-0.2, -0.15) is 0 Å². The second-order valence-electron chi connectivity index (χ2n) is 5.07. The molecular formula is C17H18ClNOS. The summed E-state index contributed by atoms with van der Waals surface area (Å²) in [5.74, 6) is 0.843. The lowest BCUT2D eigenvalue weighted by atomic mass is 10.1. The fraction of sp³-hybridized carbons (Fsp3) is 0.235. The standard InChI is InChI=1S/C17H18ClNOS/c1-12(2)19-17(20)14-5-3-13(4-6-14)11-21-16-9-7-15(18)8-10-16/h3-10,12H,11H2,1-2H3,(H,19,20). The van der Waals surface area contributed by atoms with Gasteiger partial charge in [0, 0.05) is 27.3 Å². The average molecular weight is 320 g/mol. The zero-order valence-electron chi connectivity index (χ0n) is 12.1. The topological polar surface area (TPSA) is 29.1 Å². The molecule has 1 amide bonds. The first-order chi connectivity index (χ1) is 10.0. The minimum Gasteiger partial charge on any atom is -0.350 e. The summed E-state index contributed by atoms with van der Waals surface area (Å²) in [6, 6.07) is 15.7. The first-order valence-electron chi connectivity index (χ1n) is 6.83. The van der Waals surface area contributed by atoms with Crippen molar-refractivity contribution in [3.63, 3.8) is 0 Å². The smallest absolute Gasteiger partial charge is 0.251 e. The van der Waals surface area contributed by atoms with E-state index >= 15 is 0 Å². The molecule has 2 rings (SSSR count). The van der Waals surface area contributed by atoms with Crippen molar-refractivity contribution in [1.82, 2.24) is 5.32 Å². The van der Waals surface area contributed by atoms with Gasteiger partial charge in [0.2, 0.25) is 0 Å². The maximum Gasteiger partial charge on any atom is 0.251 e. The molecule has 110 valence electrons. The molecule has 0 aliphatic heterocycles. The van der Waals surface area contributed by atoms with Crippen LogP contribution in [-0.4, -0.2) is 11.9 Å². The van der Waals surface area contributed by atoms with E-state index in [1.54, 1.807) is 11.8 Å². The van der Waals surface area contributed by atoms with Crippen LogP contribution in [-0.2, 0) is 5.75 Å². The molecule has 0 heterocycles. The number of amides is 1. The van der Waals surface area contributed by atoms with E-state index in [0.29, 0.717) is 5.56 Å². The van der Waals surface area contributed by atoms with E-state index in [1.807, 2.05) is 62.4 Å². The molecule has 0 aliphatic rings. The summed E-state index contributed by atoms with van der Waals surface area (Å²) in [5.41, 5.74) is 1.89. The highest BCUT2D eigenvalue weighted by molar-refractivity contribution is 7.98. The highest BCUT2D eigenvalue weighted by atomic mass is 35.5. The molecule has 4 heteroatoms. The van der Waals surface area contributed by atoms with Crippen LogP contribution in [0.3, 0.4) is 0 Å². The third kappa shape index (κ3) is 5.10. The lowest BCUT2D eigenvalue weighted by Gasteiger charge is -2.09. The lowest BCUT2D eigenvalue weighted by Crippen LogP contribution is -2.29. The zero-order valence-corrected chi connectivity index (χ0v) is 13.7. The van der Waals surface area contributed by atoms with E-state index < -0.39 is 0 Å². The molecule has 2 nitrogen and oxygen atoms in total. The molecule has 0 spiro atoms. The van der Waals surface area contributed by atoms with Gasteiger partial charge in [-0.05, 0) is 55.8 Å². The van der Waals surface area contributed by atoms with E-state index in [4.69, 9.17) is 11.6 Å². The van der Waals surface area contributed by atoms with Crippen LogP contribution in [0.25, 0.3) is 0 Å². The van der Waals surface area contributed by atoms with Gasteiger partial charge in [-0.15, -0.1) is 11.8 Å². The quantitative estimate of drug-likeness (QED) is 0.804. The van der Waals surface area contributed by atoms with Crippen molar-refractivity contribution >= 4 is 29.3 Å². The number of hydrogen-bond donors (Lipinski definition) is 1. The highest BCUT2D eigenvalue weighted by Crippen LogP contribution is 2.24. The first-order valence-corrected chi connectivity index (χ1v) is 8.19. The number of rotatable bonds is 5. The van der Waals surface area contributed by atoms with Gasteiger partial charge in [-0.3, -0.25) is 4.79 Å². The number of hydrogen-bond acceptors (Lipinski definition) is 2. The molecule has 21 heavy (non-hydrogen) atoms. The Morgan fingerprint density at radius 1 is 1.10 bits per heavy atom. The second kappa shape index (κ2) is 7.53. The van der Waals surface area contributed by atoms with Crippen LogP contribution in [0.5, 0.6) is 0 Å². The van der Waals surface area contributed by atoms with Crippen LogP contribution < -0.4 is 5.32 Å². The number of benzene rings is 2. The van der Waals surface area contributed by atoms with Crippen molar-refractivity contribution in [2.45, 2.75) is 30.5 Å². The Balaban J connectivity index is 1.93. The van der Waals surface area contributed by atoms with Crippen molar-refractivity contribution in [3.8, 4) is 0 Å². The monoisotopic (exact) mass is 319 g/mol. The molecule has 0 radical (unpaired) electrons. The number of thioether (sulfide) groups is 1. The maximum atomic E-state index is 11.8. The summed E-state index contributed by atoms with van der Waals surface area (Å²) in [5, 5.41) is 3.63. The number of carbonyl (C=O) groups excluding carboxylic acids is 1. The first kappa shape index (κ1) is 15.9. The second-order valence-corrected chi connectivity index (χ2v) is 6.55. The molecule has 2 aromatic rings. The number of carbonyl (C=O) groups is 1. The predicted octanol–water partition coefficient (Wildman–Crippen LogP) is 4.77. The van der Waals surface area contributed by atoms with Gasteiger partial charge >= 0.3 is 0 Å². The summed E-state index contributed by atoms with van der Waals surface area (Å²) < 4.78 is 0. The maximum absolute atomic E-state index is 11.8. The van der Waals surface area contributed by atoms with E-state index in [1.165, 1.54) is 10.5 Å². The fourth-order valence-electron chi connectivity index (χ4n) is 1.80. The Morgan fingerprint density at radius 2 is 1.71 bits per heavy atom. The molecule has 0 bridgehead atoms. The lowest BCUT2D eigenvalue weighted by molar-refractivity contribution is 0.0943. The molecule has 0 saturated carbocycles. The minimum atomic E-state index is -0.0260. The third-order valence-corrected chi connectivity index (χ3v) is 4.19. The van der Waals surface area contributed by atoms with Crippen LogP contribution in [0.4, 0.5) is 0 Å². The Bertz CT molecular complexity index is 593. The van der Waals surface area contributed by atoms with E-state index in [2.05, 4.69) is 5.32 Å². The van der Waals surface area contributed by atoms with Gasteiger partial charge < -0.3 is 5.32 Å². The van der Waals surface area contributed by atoms with Crippen LogP contribution in [0.15, 0.2) is 53.4 Å². The van der Waals surface area contributed by atoms with Gasteiger partial charge in [0.25, 0.3) is 5.91 Å². The van der Waals surface area contributed by atoms with Gasteiger partial charge in [0.15, 0.2) is 0 Å². The SMILES string of the molecule is CC(C)NC(=O)c1ccc(CSc2ccc(Cl)cc2)cc1. The Morgan fingerprint density at radius 3 is 2.29 bits per heavy atom. The molecular weight excluding hydrogens is 302 g/mol. The molecule has 2 aromatic carbocycles. The minimum absolute atomic E-state index is 0.0260. The summed E-state index contributed by atoms with van der Waals surface area (Å²) in [4.78, 5) is 13.0. The van der Waals surface area contributed by atoms with Crippen molar-refractivity contribution in [2.75, 3.05) is 0 Å². The molecule has 0 atom stereocenters. The molecule has 0 aliphatic carbocycles. The highest BCUT2D eigenvalue weighted by Gasteiger charge is 2.06. The third-order valence-electron chi connectivity index (χ3n) is 2.86. The van der Waals surface area contributed by atoms with E-state index in [-0.39, 0.29) is 11.9 Å². The zero-order chi connectivity index (χ0) is 15.2. The average Bonchev–Trinajstić information content (AvgIpc) is 2.46. The van der Waals surface area contributed by atoms with Crippen LogP contribution in [0, 0.1) is 0 Å². The fourth-order valence-corrected chi connectivity index (χ4v) is 2.78. The van der Waals surface area contributed by atoms with Gasteiger partial charge in [0.05, 0.1) is 0 Å². The van der Waals surface area contributed by atoms with Crippen molar-refractivity contribution < 1.29 is 4.79 Å². The van der Waals surface area contributed by atoms with Gasteiger partial charge in [-0.25, -0.2) is 0 Å². The normalized spacial score (nSPS) is 10.7. The van der Waals surface area contributed by atoms with Crippen molar-refractivity contribution in [2.24, 2.45) is 0 Å². The van der Waals surface area contributed by atoms with Crippen molar-refractivity contribution in [3.05, 3.63) is 64.7 Å². The summed E-state index contributed by atoms with van der Waals surface area (Å²) >= 11 is 7.61. The van der Waals surface area contributed by atoms with Crippen LogP contribution >= 0.6 is 23.4 Å². The van der Waals surface area contributed by atoms with E-state index in [0.717, 1.165) is 10.8 Å². The summed E-state index contributed by atoms with van der Waals surface area (Å²) in [6.45, 7) is 3.91. The Kier molecular flexibility index (Phi) is 5.71. The van der Waals surface area contributed by atoms with E-state index in [9.17, 15) is 4.79 Å². The summed E-state index contributed by atoms with van der Waals surface area (Å²) in [7, 11) is 0. The molecule has 0 aromatic heterocycles. The van der Waals surface area contributed by atoms with Crippen LogP contribution in [0.2, 0.25) is 5.02 Å². The van der Waals surface area contributed by atoms with Gasteiger partial charge in [-0.1, -0.05) is 23.7 Å². The van der Waals surface area contributed by atoms with Gasteiger partial charge in [0.1, 0.15) is 0 Å². The summed E-state index contributed by atoms with van der Waals surface area (Å²) in [6.07, 6.45) is 0. The Hall–Kier alpha value is -1.45. The molecule has 0 saturated heterocycles. The van der Waals surface area contributed by atoms with Crippen molar-refractivity contribution in [1.29, 1.82) is 0 Å². The number of nitrogens with one attached hydrogen (secondary N) is 1.